The summed E-state index contributed by atoms with van der Waals surface area (Å²) in [5.41, 5.74) is 0.213. The zero-order chi connectivity index (χ0) is 18.0. The maximum absolute atomic E-state index is 12.5. The molecule has 2 fully saturated rings. The highest BCUT2D eigenvalue weighted by molar-refractivity contribution is 5.87. The lowest BCUT2D eigenvalue weighted by Crippen LogP contribution is -2.59. The smallest absolute Gasteiger partial charge is 0.335 e. The first-order valence-electron chi connectivity index (χ1n) is 8.54. The fourth-order valence-electron chi connectivity index (χ4n) is 3.24. The summed E-state index contributed by atoms with van der Waals surface area (Å²) < 4.78 is 5.76. The van der Waals surface area contributed by atoms with Gasteiger partial charge in [-0.1, -0.05) is 0 Å². The van der Waals surface area contributed by atoms with Crippen molar-refractivity contribution in [1.82, 2.24) is 9.80 Å². The van der Waals surface area contributed by atoms with Crippen LogP contribution in [0.2, 0.25) is 0 Å². The van der Waals surface area contributed by atoms with Gasteiger partial charge in [-0.05, 0) is 37.6 Å². The summed E-state index contributed by atoms with van der Waals surface area (Å²) in [5.74, 6) is -0.275. The number of hydrogen-bond acceptors (Lipinski definition) is 4. The van der Waals surface area contributed by atoms with E-state index in [9.17, 15) is 14.4 Å². The van der Waals surface area contributed by atoms with Gasteiger partial charge >= 0.3 is 5.97 Å². The van der Waals surface area contributed by atoms with E-state index in [1.807, 2.05) is 6.92 Å². The number of carbonyl (C=O) groups is 3. The van der Waals surface area contributed by atoms with Gasteiger partial charge in [-0.25, -0.2) is 4.79 Å². The van der Waals surface area contributed by atoms with Gasteiger partial charge in [0.2, 0.25) is 11.8 Å². The molecule has 7 nitrogen and oxygen atoms in total. The topological polar surface area (TPSA) is 87.2 Å². The third-order valence-corrected chi connectivity index (χ3v) is 4.79. The van der Waals surface area contributed by atoms with Crippen LogP contribution >= 0.6 is 0 Å². The van der Waals surface area contributed by atoms with Crippen LogP contribution in [0, 0.1) is 5.92 Å². The normalized spacial score (nSPS) is 21.0. The van der Waals surface area contributed by atoms with Crippen LogP contribution in [0.5, 0.6) is 5.75 Å². The van der Waals surface area contributed by atoms with Gasteiger partial charge in [0.25, 0.3) is 0 Å². The van der Waals surface area contributed by atoms with Gasteiger partial charge in [0.1, 0.15) is 11.9 Å². The van der Waals surface area contributed by atoms with Gasteiger partial charge in [-0.15, -0.1) is 0 Å². The molecule has 2 amide bonds. The molecule has 0 spiro atoms. The summed E-state index contributed by atoms with van der Waals surface area (Å²) in [6.07, 6.45) is 0.980. The van der Waals surface area contributed by atoms with Crippen molar-refractivity contribution in [3.8, 4) is 5.75 Å². The first-order chi connectivity index (χ1) is 12.0. The van der Waals surface area contributed by atoms with Crippen molar-refractivity contribution in [1.29, 1.82) is 0 Å². The van der Waals surface area contributed by atoms with E-state index in [-0.39, 0.29) is 29.4 Å². The summed E-state index contributed by atoms with van der Waals surface area (Å²) in [4.78, 5) is 38.6. The molecule has 134 valence electrons. The van der Waals surface area contributed by atoms with Crippen molar-refractivity contribution in [2.45, 2.75) is 25.9 Å². The van der Waals surface area contributed by atoms with Gasteiger partial charge in [0, 0.05) is 19.5 Å². The highest BCUT2D eigenvalue weighted by atomic mass is 16.5. The van der Waals surface area contributed by atoms with Crippen molar-refractivity contribution in [3.63, 3.8) is 0 Å². The van der Waals surface area contributed by atoms with E-state index < -0.39 is 5.97 Å². The standard InChI is InChI=1S/C18H22N2O5/c1-2-19-9-13(5-8-16(19)21)17(22)20-10-15(11-20)25-14-6-3-12(4-7-14)18(23)24/h3-4,6-7,13,15H,2,5,8-11H2,1H3,(H,23,24)/t13-/m1/s1. The zero-order valence-corrected chi connectivity index (χ0v) is 14.2. The predicted octanol–water partition coefficient (Wildman–Crippen LogP) is 1.23. The fourth-order valence-corrected chi connectivity index (χ4v) is 3.24. The molecular weight excluding hydrogens is 324 g/mol. The number of likely N-dealkylation sites (tertiary alicyclic amines) is 2. The lowest BCUT2D eigenvalue weighted by molar-refractivity contribution is -0.149. The lowest BCUT2D eigenvalue weighted by atomic mass is 9.94. The Balaban J connectivity index is 1.48. The van der Waals surface area contributed by atoms with Gasteiger partial charge in [0.05, 0.1) is 24.6 Å². The quantitative estimate of drug-likeness (QED) is 0.866. The summed E-state index contributed by atoms with van der Waals surface area (Å²) in [5, 5.41) is 8.88. The molecule has 25 heavy (non-hydrogen) atoms. The van der Waals surface area contributed by atoms with Crippen LogP contribution in [-0.4, -0.2) is 65.0 Å². The van der Waals surface area contributed by atoms with Gasteiger partial charge in [0.15, 0.2) is 0 Å². The Labute approximate surface area is 146 Å². The number of piperidine rings is 1. The van der Waals surface area contributed by atoms with Crippen LogP contribution in [0.4, 0.5) is 0 Å². The monoisotopic (exact) mass is 346 g/mol. The minimum atomic E-state index is -0.973. The zero-order valence-electron chi connectivity index (χ0n) is 14.2. The largest absolute Gasteiger partial charge is 0.487 e. The minimum Gasteiger partial charge on any atom is -0.487 e. The van der Waals surface area contributed by atoms with E-state index >= 15 is 0 Å². The molecule has 2 aliphatic rings. The molecule has 2 aliphatic heterocycles. The Kier molecular flexibility index (Phi) is 4.92. The average molecular weight is 346 g/mol. The maximum Gasteiger partial charge on any atom is 0.335 e. The van der Waals surface area contributed by atoms with Gasteiger partial charge < -0.3 is 19.6 Å². The number of benzene rings is 1. The van der Waals surface area contributed by atoms with Crippen molar-refractivity contribution in [2.24, 2.45) is 5.92 Å². The molecule has 3 rings (SSSR count). The first-order valence-corrected chi connectivity index (χ1v) is 8.54. The summed E-state index contributed by atoms with van der Waals surface area (Å²) >= 11 is 0. The molecule has 1 atom stereocenters. The summed E-state index contributed by atoms with van der Waals surface area (Å²) in [6, 6.07) is 6.24. The number of amides is 2. The molecule has 0 radical (unpaired) electrons. The van der Waals surface area contributed by atoms with Crippen LogP contribution in [-0.2, 0) is 9.59 Å². The highest BCUT2D eigenvalue weighted by Gasteiger charge is 2.38. The van der Waals surface area contributed by atoms with Crippen molar-refractivity contribution in [3.05, 3.63) is 29.8 Å². The average Bonchev–Trinajstić information content (AvgIpc) is 2.58. The number of aromatic carboxylic acids is 1. The maximum atomic E-state index is 12.5. The van der Waals surface area contributed by atoms with Crippen LogP contribution < -0.4 is 4.74 Å². The predicted molar refractivity (Wildman–Crippen MR) is 89.4 cm³/mol. The molecule has 0 unspecified atom stereocenters. The SMILES string of the molecule is CCN1C[C@H](C(=O)N2CC(Oc3ccc(C(=O)O)cc3)C2)CCC1=O. The Bertz CT molecular complexity index is 667. The number of carbonyl (C=O) groups excluding carboxylic acids is 2. The second kappa shape index (κ2) is 7.13. The van der Waals surface area contributed by atoms with Crippen LogP contribution in [0.25, 0.3) is 0 Å². The van der Waals surface area contributed by atoms with E-state index in [0.717, 1.165) is 0 Å². The van der Waals surface area contributed by atoms with Crippen molar-refractivity contribution < 1.29 is 24.2 Å². The Morgan fingerprint density at radius 3 is 2.48 bits per heavy atom. The van der Waals surface area contributed by atoms with E-state index in [1.165, 1.54) is 12.1 Å². The molecule has 1 aromatic rings. The van der Waals surface area contributed by atoms with E-state index in [0.29, 0.717) is 44.8 Å². The third kappa shape index (κ3) is 3.75. The van der Waals surface area contributed by atoms with Crippen LogP contribution in [0.1, 0.15) is 30.1 Å². The van der Waals surface area contributed by atoms with Gasteiger partial charge in [-0.2, -0.15) is 0 Å². The molecule has 2 saturated heterocycles. The number of carboxylic acid groups (broad SMARTS) is 1. The number of carboxylic acids is 1. The molecular formula is C18H22N2O5. The second-order valence-electron chi connectivity index (χ2n) is 6.48. The molecule has 7 heteroatoms. The van der Waals surface area contributed by atoms with Crippen LogP contribution in [0.15, 0.2) is 24.3 Å². The van der Waals surface area contributed by atoms with Crippen LogP contribution in [0.3, 0.4) is 0 Å². The van der Waals surface area contributed by atoms with E-state index in [4.69, 9.17) is 9.84 Å². The molecule has 0 aromatic heterocycles. The molecule has 0 aliphatic carbocycles. The summed E-state index contributed by atoms with van der Waals surface area (Å²) in [7, 11) is 0. The number of hydrogen-bond donors (Lipinski definition) is 1. The van der Waals surface area contributed by atoms with E-state index in [2.05, 4.69) is 0 Å². The van der Waals surface area contributed by atoms with Gasteiger partial charge in [-0.3, -0.25) is 9.59 Å². The van der Waals surface area contributed by atoms with E-state index in [1.54, 1.807) is 21.9 Å². The van der Waals surface area contributed by atoms with Crippen molar-refractivity contribution in [2.75, 3.05) is 26.2 Å². The number of nitrogens with zero attached hydrogens (tertiary/aromatic N) is 2. The third-order valence-electron chi connectivity index (χ3n) is 4.79. The molecule has 1 N–H and O–H groups in total. The Morgan fingerprint density at radius 2 is 1.88 bits per heavy atom. The summed E-state index contributed by atoms with van der Waals surface area (Å²) in [6.45, 7) is 4.12. The Hall–Kier alpha value is -2.57. The Morgan fingerprint density at radius 1 is 1.20 bits per heavy atom. The minimum absolute atomic E-state index is 0.0767. The molecule has 0 saturated carbocycles. The first kappa shape index (κ1) is 17.3. The fraction of sp³-hybridized carbons (Fsp3) is 0.500. The molecule has 0 bridgehead atoms. The number of rotatable bonds is 5. The van der Waals surface area contributed by atoms with Crippen molar-refractivity contribution >= 4 is 17.8 Å². The second-order valence-corrected chi connectivity index (χ2v) is 6.48. The molecule has 2 heterocycles. The lowest BCUT2D eigenvalue weighted by Gasteiger charge is -2.42. The molecule has 1 aromatic carbocycles. The highest BCUT2D eigenvalue weighted by Crippen LogP contribution is 2.24. The number of ether oxygens (including phenoxy) is 1.